The van der Waals surface area contributed by atoms with Crippen LogP contribution >= 0.6 is 11.6 Å². The number of hydrogen-bond donors (Lipinski definition) is 0. The Morgan fingerprint density at radius 1 is 1.26 bits per heavy atom. The molecule has 2 aromatic rings. The van der Waals surface area contributed by atoms with E-state index in [2.05, 4.69) is 16.9 Å². The molecule has 0 bridgehead atoms. The first-order chi connectivity index (χ1) is 9.24. The van der Waals surface area contributed by atoms with Crippen LogP contribution in [0.2, 0.25) is 5.02 Å². The summed E-state index contributed by atoms with van der Waals surface area (Å²) in [6.45, 7) is 3.52. The fourth-order valence-electron chi connectivity index (χ4n) is 1.75. The van der Waals surface area contributed by atoms with E-state index in [0.29, 0.717) is 18.4 Å². The molecule has 1 aromatic heterocycles. The summed E-state index contributed by atoms with van der Waals surface area (Å²) >= 11 is 6.18. The van der Waals surface area contributed by atoms with Crippen molar-refractivity contribution < 1.29 is 4.74 Å². The summed E-state index contributed by atoms with van der Waals surface area (Å²) in [5.41, 5.74) is 1.05. The Kier molecular flexibility index (Phi) is 4.58. The molecule has 100 valence electrons. The molecule has 0 atom stereocenters. The number of rotatable bonds is 5. The van der Waals surface area contributed by atoms with Gasteiger partial charge in [-0.25, -0.2) is 4.98 Å². The Hall–Kier alpha value is -1.81. The second kappa shape index (κ2) is 6.38. The van der Waals surface area contributed by atoms with E-state index in [0.717, 1.165) is 17.1 Å². The van der Waals surface area contributed by atoms with Gasteiger partial charge < -0.3 is 9.64 Å². The summed E-state index contributed by atoms with van der Waals surface area (Å²) in [6.07, 6.45) is 1.69. The first-order valence-corrected chi connectivity index (χ1v) is 6.47. The molecule has 0 N–H and O–H groups in total. The van der Waals surface area contributed by atoms with Crippen molar-refractivity contribution in [3.8, 4) is 5.88 Å². The molecule has 2 rings (SSSR count). The quantitative estimate of drug-likeness (QED) is 0.841. The summed E-state index contributed by atoms with van der Waals surface area (Å²) in [4.78, 5) is 10.7. The number of hydrogen-bond acceptors (Lipinski definition) is 4. The Bertz CT molecular complexity index is 548. The van der Waals surface area contributed by atoms with Gasteiger partial charge in [0.15, 0.2) is 0 Å². The van der Waals surface area contributed by atoms with E-state index >= 15 is 0 Å². The molecule has 19 heavy (non-hydrogen) atoms. The summed E-state index contributed by atoms with van der Waals surface area (Å²) in [6, 6.07) is 9.51. The molecule has 1 aromatic carbocycles. The van der Waals surface area contributed by atoms with Crippen LogP contribution < -0.4 is 9.64 Å². The topological polar surface area (TPSA) is 38.2 Å². The van der Waals surface area contributed by atoms with E-state index in [9.17, 15) is 0 Å². The number of ether oxygens (including phenoxy) is 1. The van der Waals surface area contributed by atoms with Crippen molar-refractivity contribution in [3.05, 3.63) is 47.1 Å². The molecule has 0 aliphatic heterocycles. The van der Waals surface area contributed by atoms with Gasteiger partial charge in [0, 0.05) is 30.4 Å². The van der Waals surface area contributed by atoms with E-state index in [1.807, 2.05) is 29.2 Å². The van der Waals surface area contributed by atoms with Gasteiger partial charge in [-0.2, -0.15) is 4.98 Å². The molecule has 0 aliphatic carbocycles. The minimum absolute atomic E-state index is 0.558. The molecule has 4 nitrogen and oxygen atoms in total. The van der Waals surface area contributed by atoms with Gasteiger partial charge in [0.2, 0.25) is 11.8 Å². The average Bonchev–Trinajstić information content (AvgIpc) is 2.46. The van der Waals surface area contributed by atoms with Crippen LogP contribution in [0, 0.1) is 0 Å². The fourth-order valence-corrected chi connectivity index (χ4v) is 1.95. The van der Waals surface area contributed by atoms with E-state index in [1.54, 1.807) is 19.4 Å². The minimum Gasteiger partial charge on any atom is -0.481 e. The standard InChI is InChI=1S/C14H16ClN3O/c1-3-18(10-11-6-4-5-7-12(11)15)14-16-9-8-13(17-14)19-2/h4-9H,3,10H2,1-2H3. The first kappa shape index (κ1) is 13.6. The van der Waals surface area contributed by atoms with Crippen LogP contribution in [-0.2, 0) is 6.54 Å². The zero-order chi connectivity index (χ0) is 13.7. The lowest BCUT2D eigenvalue weighted by Gasteiger charge is -2.21. The predicted molar refractivity (Wildman–Crippen MR) is 76.8 cm³/mol. The van der Waals surface area contributed by atoms with Crippen LogP contribution in [0.15, 0.2) is 36.5 Å². The predicted octanol–water partition coefficient (Wildman–Crippen LogP) is 3.17. The lowest BCUT2D eigenvalue weighted by molar-refractivity contribution is 0.396. The highest BCUT2D eigenvalue weighted by atomic mass is 35.5. The molecular weight excluding hydrogens is 262 g/mol. The van der Waals surface area contributed by atoms with Gasteiger partial charge in [0.25, 0.3) is 0 Å². The van der Waals surface area contributed by atoms with Gasteiger partial charge in [-0.05, 0) is 18.6 Å². The maximum Gasteiger partial charge on any atom is 0.228 e. The Morgan fingerprint density at radius 3 is 2.74 bits per heavy atom. The van der Waals surface area contributed by atoms with Gasteiger partial charge in [-0.3, -0.25) is 0 Å². The van der Waals surface area contributed by atoms with E-state index in [-0.39, 0.29) is 0 Å². The zero-order valence-corrected chi connectivity index (χ0v) is 11.8. The highest BCUT2D eigenvalue weighted by molar-refractivity contribution is 6.31. The summed E-state index contributed by atoms with van der Waals surface area (Å²) in [7, 11) is 1.59. The van der Waals surface area contributed by atoms with Crippen LogP contribution in [0.5, 0.6) is 5.88 Å². The number of benzene rings is 1. The normalized spacial score (nSPS) is 10.3. The number of halogens is 1. The average molecular weight is 278 g/mol. The van der Waals surface area contributed by atoms with Crippen LogP contribution in [-0.4, -0.2) is 23.6 Å². The van der Waals surface area contributed by atoms with Crippen molar-refractivity contribution in [2.24, 2.45) is 0 Å². The Balaban J connectivity index is 2.22. The van der Waals surface area contributed by atoms with Crippen LogP contribution in [0.25, 0.3) is 0 Å². The van der Waals surface area contributed by atoms with Crippen LogP contribution in [0.3, 0.4) is 0 Å². The van der Waals surface area contributed by atoms with Gasteiger partial charge in [0.05, 0.1) is 7.11 Å². The second-order valence-electron chi connectivity index (χ2n) is 4.00. The SMILES string of the molecule is CCN(Cc1ccccc1Cl)c1nccc(OC)n1. The molecule has 0 unspecified atom stereocenters. The van der Waals surface area contributed by atoms with Crippen LogP contribution in [0.4, 0.5) is 5.95 Å². The molecule has 0 amide bonds. The summed E-state index contributed by atoms with van der Waals surface area (Å²) in [5.74, 6) is 1.20. The van der Waals surface area contributed by atoms with E-state index < -0.39 is 0 Å². The van der Waals surface area contributed by atoms with Gasteiger partial charge in [-0.1, -0.05) is 29.8 Å². The molecule has 0 aliphatic rings. The summed E-state index contributed by atoms with van der Waals surface area (Å²) < 4.78 is 5.12. The smallest absolute Gasteiger partial charge is 0.228 e. The lowest BCUT2D eigenvalue weighted by atomic mass is 10.2. The third kappa shape index (κ3) is 3.35. The highest BCUT2D eigenvalue weighted by Crippen LogP contribution is 2.20. The Morgan fingerprint density at radius 2 is 2.05 bits per heavy atom. The third-order valence-corrected chi connectivity index (χ3v) is 3.18. The summed E-state index contributed by atoms with van der Waals surface area (Å²) in [5, 5.41) is 0.754. The van der Waals surface area contributed by atoms with Gasteiger partial charge in [-0.15, -0.1) is 0 Å². The molecule has 1 heterocycles. The second-order valence-corrected chi connectivity index (χ2v) is 4.41. The monoisotopic (exact) mass is 277 g/mol. The molecule has 5 heteroatoms. The van der Waals surface area contributed by atoms with Crippen LogP contribution in [0.1, 0.15) is 12.5 Å². The molecule has 0 radical (unpaired) electrons. The van der Waals surface area contributed by atoms with Crippen molar-refractivity contribution in [1.29, 1.82) is 0 Å². The first-order valence-electron chi connectivity index (χ1n) is 6.10. The third-order valence-electron chi connectivity index (χ3n) is 2.81. The molecule has 0 fully saturated rings. The van der Waals surface area contributed by atoms with Crippen molar-refractivity contribution in [1.82, 2.24) is 9.97 Å². The van der Waals surface area contributed by atoms with Gasteiger partial charge >= 0.3 is 0 Å². The maximum absolute atomic E-state index is 6.18. The van der Waals surface area contributed by atoms with Gasteiger partial charge in [0.1, 0.15) is 0 Å². The number of nitrogens with zero attached hydrogens (tertiary/aromatic N) is 3. The Labute approximate surface area is 118 Å². The lowest BCUT2D eigenvalue weighted by Crippen LogP contribution is -2.24. The maximum atomic E-state index is 6.18. The van der Waals surface area contributed by atoms with E-state index in [1.165, 1.54) is 0 Å². The fraction of sp³-hybridized carbons (Fsp3) is 0.286. The largest absolute Gasteiger partial charge is 0.481 e. The molecular formula is C14H16ClN3O. The number of anilines is 1. The van der Waals surface area contributed by atoms with E-state index in [4.69, 9.17) is 16.3 Å². The highest BCUT2D eigenvalue weighted by Gasteiger charge is 2.11. The van der Waals surface area contributed by atoms with Crippen molar-refractivity contribution in [2.45, 2.75) is 13.5 Å². The molecule has 0 saturated carbocycles. The zero-order valence-electron chi connectivity index (χ0n) is 11.0. The van der Waals surface area contributed by atoms with Crippen molar-refractivity contribution in [3.63, 3.8) is 0 Å². The van der Waals surface area contributed by atoms with Crippen molar-refractivity contribution in [2.75, 3.05) is 18.6 Å². The molecule has 0 spiro atoms. The minimum atomic E-state index is 0.558. The van der Waals surface area contributed by atoms with Crippen molar-refractivity contribution >= 4 is 17.5 Å². The number of methoxy groups -OCH3 is 1. The number of aromatic nitrogens is 2. The molecule has 0 saturated heterocycles.